The van der Waals surface area contributed by atoms with Crippen molar-refractivity contribution in [2.24, 2.45) is 11.3 Å². The zero-order valence-corrected chi connectivity index (χ0v) is 22.5. The molecular weight excluding hydrogens is 509 g/mol. The topological polar surface area (TPSA) is 79.0 Å². The second-order valence-electron chi connectivity index (χ2n) is 12.6. The standard InChI is InChI=1S/C30H33F3N2O4/c1-15-34-21-11-16(5-7-23(21)38-15)17-6-8-24-27(17,2)13-20(30(31,32)33)18-12-19-25(36)26(37)22(35(3)4)14-28(19)9-10-29(18,24)39-28/h5-7,11-12,22,24-26,36-37H,8-10,13-14H2,1-4H3/t22-,24?,25+,26+,27+,28+,29+/m0/s1. The first-order chi connectivity index (χ1) is 18.3. The number of ether oxygens (including phenoxy) is 1. The Kier molecular flexibility index (Phi) is 5.13. The number of hydrogen-bond donors (Lipinski definition) is 2. The molecule has 2 fully saturated rings. The number of allylic oxidation sites excluding steroid dienone is 3. The SMILES string of the molecule is Cc1nc2cc(C3=CCC4[C@]3(C)CC(C(F)(F)F)=C3C=C5[C@@H](O)[C@H](O)[C@@H](N(C)C)C[C@]56CC[C@@]34O6)ccc2o1. The van der Waals surface area contributed by atoms with Gasteiger partial charge in [-0.25, -0.2) is 4.98 Å². The van der Waals surface area contributed by atoms with Crippen LogP contribution in [0.1, 0.15) is 50.5 Å². The number of aryl methyl sites for hydroxylation is 1. The van der Waals surface area contributed by atoms with Gasteiger partial charge in [0, 0.05) is 29.9 Å². The van der Waals surface area contributed by atoms with E-state index in [2.05, 4.69) is 11.1 Å². The van der Waals surface area contributed by atoms with Crippen molar-refractivity contribution in [1.82, 2.24) is 9.88 Å². The van der Waals surface area contributed by atoms with Crippen molar-refractivity contribution in [3.63, 3.8) is 0 Å². The number of benzene rings is 1. The van der Waals surface area contributed by atoms with Gasteiger partial charge in [-0.1, -0.05) is 25.1 Å². The van der Waals surface area contributed by atoms with E-state index in [0.29, 0.717) is 48.2 Å². The van der Waals surface area contributed by atoms with E-state index in [1.54, 1.807) is 13.0 Å². The molecule has 39 heavy (non-hydrogen) atoms. The van der Waals surface area contributed by atoms with Crippen LogP contribution in [0.2, 0.25) is 0 Å². The van der Waals surface area contributed by atoms with E-state index in [9.17, 15) is 23.4 Å². The summed E-state index contributed by atoms with van der Waals surface area (Å²) in [7, 11) is 3.68. The van der Waals surface area contributed by atoms with E-state index in [4.69, 9.17) is 9.15 Å². The van der Waals surface area contributed by atoms with E-state index >= 15 is 0 Å². The van der Waals surface area contributed by atoms with Crippen LogP contribution < -0.4 is 0 Å². The minimum atomic E-state index is -4.56. The van der Waals surface area contributed by atoms with Crippen LogP contribution in [-0.4, -0.2) is 69.8 Å². The van der Waals surface area contributed by atoms with Gasteiger partial charge in [0.1, 0.15) is 11.6 Å². The molecule has 7 atom stereocenters. The molecule has 1 unspecified atom stereocenters. The van der Waals surface area contributed by atoms with Gasteiger partial charge in [-0.05, 0) is 80.6 Å². The lowest BCUT2D eigenvalue weighted by molar-refractivity contribution is -0.170. The molecule has 2 aromatic rings. The van der Waals surface area contributed by atoms with Crippen LogP contribution in [0, 0.1) is 18.3 Å². The van der Waals surface area contributed by atoms with Gasteiger partial charge < -0.3 is 24.3 Å². The van der Waals surface area contributed by atoms with E-state index in [1.807, 2.05) is 44.1 Å². The highest BCUT2D eigenvalue weighted by atomic mass is 19.4. The van der Waals surface area contributed by atoms with E-state index in [-0.39, 0.29) is 24.0 Å². The first-order valence-corrected chi connectivity index (χ1v) is 13.6. The molecule has 3 aliphatic carbocycles. The van der Waals surface area contributed by atoms with Gasteiger partial charge in [0.2, 0.25) is 0 Å². The Morgan fingerprint density at radius 3 is 2.64 bits per heavy atom. The molecule has 1 aromatic carbocycles. The normalized spacial score (nSPS) is 39.5. The Bertz CT molecular complexity index is 1490. The van der Waals surface area contributed by atoms with Gasteiger partial charge in [0.25, 0.3) is 0 Å². The van der Waals surface area contributed by atoms with E-state index in [1.165, 1.54) is 0 Å². The molecule has 2 N–H and O–H groups in total. The number of aromatic nitrogens is 1. The van der Waals surface area contributed by atoms with Gasteiger partial charge in [-0.15, -0.1) is 0 Å². The smallest absolute Gasteiger partial charge is 0.413 e. The molecule has 1 saturated heterocycles. The summed E-state index contributed by atoms with van der Waals surface area (Å²) in [5, 5.41) is 22.0. The van der Waals surface area contributed by atoms with Crippen molar-refractivity contribution in [3.8, 4) is 0 Å². The van der Waals surface area contributed by atoms with Crippen molar-refractivity contribution in [2.45, 2.75) is 81.6 Å². The molecule has 3 heterocycles. The van der Waals surface area contributed by atoms with Crippen molar-refractivity contribution < 1.29 is 32.5 Å². The van der Waals surface area contributed by atoms with Crippen LogP contribution >= 0.6 is 0 Å². The van der Waals surface area contributed by atoms with Crippen LogP contribution in [0.3, 0.4) is 0 Å². The third kappa shape index (κ3) is 3.27. The predicted molar refractivity (Wildman–Crippen MR) is 139 cm³/mol. The van der Waals surface area contributed by atoms with Gasteiger partial charge in [0.15, 0.2) is 11.5 Å². The highest BCUT2D eigenvalue weighted by Gasteiger charge is 2.69. The molecule has 1 saturated carbocycles. The lowest BCUT2D eigenvalue weighted by Gasteiger charge is -2.57. The maximum Gasteiger partial charge on any atom is 0.413 e. The molecule has 7 rings (SSSR count). The molecule has 1 aromatic heterocycles. The first-order valence-electron chi connectivity index (χ1n) is 13.6. The van der Waals surface area contributed by atoms with Crippen molar-refractivity contribution in [3.05, 3.63) is 58.5 Å². The molecule has 0 amide bonds. The summed E-state index contributed by atoms with van der Waals surface area (Å²) < 4.78 is 57.2. The van der Waals surface area contributed by atoms with Gasteiger partial charge >= 0.3 is 6.18 Å². The molecule has 0 radical (unpaired) electrons. The predicted octanol–water partition coefficient (Wildman–Crippen LogP) is 5.09. The molecule has 2 bridgehead atoms. The maximum atomic E-state index is 14.9. The Labute approximate surface area is 224 Å². The molecule has 208 valence electrons. The van der Waals surface area contributed by atoms with Crippen LogP contribution in [0.5, 0.6) is 0 Å². The van der Waals surface area contributed by atoms with Gasteiger partial charge in [0.05, 0.1) is 17.3 Å². The number of likely N-dealkylation sites (N-methyl/N-ethyl adjacent to an activating group) is 1. The number of hydrogen-bond acceptors (Lipinski definition) is 6. The van der Waals surface area contributed by atoms with Gasteiger partial charge in [-0.2, -0.15) is 13.2 Å². The van der Waals surface area contributed by atoms with Crippen molar-refractivity contribution in [1.29, 1.82) is 0 Å². The minimum Gasteiger partial charge on any atom is -0.441 e. The fourth-order valence-electron chi connectivity index (χ4n) is 8.59. The van der Waals surface area contributed by atoms with Crippen molar-refractivity contribution in [2.75, 3.05) is 14.1 Å². The summed E-state index contributed by atoms with van der Waals surface area (Å²) in [6.07, 6.45) is -1.53. The van der Waals surface area contributed by atoms with E-state index < -0.39 is 40.6 Å². The molecule has 5 aliphatic rings. The lowest BCUT2D eigenvalue weighted by Crippen LogP contribution is -2.62. The third-order valence-corrected chi connectivity index (χ3v) is 10.3. The number of halogens is 3. The van der Waals surface area contributed by atoms with Crippen LogP contribution in [0.4, 0.5) is 13.2 Å². The third-order valence-electron chi connectivity index (χ3n) is 10.3. The molecular formula is C30H33F3N2O4. The quantitative estimate of drug-likeness (QED) is 0.551. The second kappa shape index (κ2) is 7.84. The Balaban J connectivity index is 1.39. The summed E-state index contributed by atoms with van der Waals surface area (Å²) in [5.41, 5.74) is 0.186. The Hall–Kier alpha value is -2.46. The molecule has 2 aliphatic heterocycles. The minimum absolute atomic E-state index is 0.146. The number of fused-ring (bicyclic) bond motifs is 2. The average Bonchev–Trinajstić information content (AvgIpc) is 3.50. The number of rotatable bonds is 2. The Morgan fingerprint density at radius 1 is 1.15 bits per heavy atom. The number of oxazole rings is 1. The van der Waals surface area contributed by atoms with Crippen LogP contribution in [0.15, 0.2) is 51.5 Å². The summed E-state index contributed by atoms with van der Waals surface area (Å²) in [6.45, 7) is 3.72. The lowest BCUT2D eigenvalue weighted by atomic mass is 9.56. The molecule has 2 spiro atoms. The number of aliphatic hydroxyl groups is 2. The average molecular weight is 543 g/mol. The summed E-state index contributed by atoms with van der Waals surface area (Å²) in [5.74, 6) is 0.343. The second-order valence-corrected chi connectivity index (χ2v) is 12.6. The summed E-state index contributed by atoms with van der Waals surface area (Å²) in [6, 6.07) is 5.28. The van der Waals surface area contributed by atoms with Crippen LogP contribution in [0.25, 0.3) is 16.7 Å². The fourth-order valence-corrected chi connectivity index (χ4v) is 8.59. The molecule has 9 heteroatoms. The number of aliphatic hydroxyl groups excluding tert-OH is 2. The zero-order chi connectivity index (χ0) is 27.7. The Morgan fingerprint density at radius 2 is 1.92 bits per heavy atom. The molecule has 6 nitrogen and oxygen atoms in total. The highest BCUT2D eigenvalue weighted by molar-refractivity contribution is 5.82. The maximum absolute atomic E-state index is 14.9. The van der Waals surface area contributed by atoms with E-state index in [0.717, 1.165) is 11.1 Å². The fraction of sp³-hybridized carbons (Fsp3) is 0.567. The van der Waals surface area contributed by atoms with Gasteiger partial charge in [-0.3, -0.25) is 0 Å². The van der Waals surface area contributed by atoms with Crippen LogP contribution in [-0.2, 0) is 4.74 Å². The number of nitrogens with zero attached hydrogens (tertiary/aromatic N) is 2. The number of alkyl halides is 3. The monoisotopic (exact) mass is 542 g/mol. The largest absolute Gasteiger partial charge is 0.441 e. The highest BCUT2D eigenvalue weighted by Crippen LogP contribution is 2.70. The van der Waals surface area contributed by atoms with Crippen molar-refractivity contribution >= 4 is 16.7 Å². The summed E-state index contributed by atoms with van der Waals surface area (Å²) in [4.78, 5) is 6.31. The first kappa shape index (κ1) is 25.5. The zero-order valence-electron chi connectivity index (χ0n) is 22.5. The summed E-state index contributed by atoms with van der Waals surface area (Å²) >= 11 is 0.